The third kappa shape index (κ3) is 4.14. The van der Waals surface area contributed by atoms with Gasteiger partial charge in [-0.15, -0.1) is 0 Å². The first-order valence-corrected chi connectivity index (χ1v) is 6.33. The Kier molecular flexibility index (Phi) is 5.04. The van der Waals surface area contributed by atoms with Crippen LogP contribution in [-0.4, -0.2) is 33.7 Å². The maximum atomic E-state index is 5.31. The van der Waals surface area contributed by atoms with E-state index in [2.05, 4.69) is 30.7 Å². The van der Waals surface area contributed by atoms with Crippen LogP contribution in [0.2, 0.25) is 0 Å². The van der Waals surface area contributed by atoms with Crippen molar-refractivity contribution in [2.45, 2.75) is 13.5 Å². The minimum Gasteiger partial charge on any atom is -0.481 e. The zero-order valence-electron chi connectivity index (χ0n) is 11.8. The monoisotopic (exact) mass is 291 g/mol. The van der Waals surface area contributed by atoms with E-state index in [0.717, 1.165) is 5.56 Å². The lowest BCUT2D eigenvalue weighted by molar-refractivity contribution is 0.312. The van der Waals surface area contributed by atoms with Gasteiger partial charge in [-0.25, -0.2) is 10.8 Å². The van der Waals surface area contributed by atoms with E-state index in [9.17, 15) is 0 Å². The van der Waals surface area contributed by atoms with Gasteiger partial charge in [0.05, 0.1) is 13.7 Å². The second-order valence-electron chi connectivity index (χ2n) is 3.90. The van der Waals surface area contributed by atoms with Gasteiger partial charge in [0, 0.05) is 18.8 Å². The second-order valence-corrected chi connectivity index (χ2v) is 3.90. The molecule has 0 aromatic carbocycles. The first-order valence-electron chi connectivity index (χ1n) is 6.33. The maximum absolute atomic E-state index is 5.31. The lowest BCUT2D eigenvalue weighted by Crippen LogP contribution is -2.14. The van der Waals surface area contributed by atoms with Gasteiger partial charge in [0.2, 0.25) is 17.8 Å². The molecular formula is C12H17N7O2. The molecule has 0 saturated heterocycles. The molecular weight excluding hydrogens is 274 g/mol. The van der Waals surface area contributed by atoms with Gasteiger partial charge in [-0.3, -0.25) is 5.43 Å². The number of rotatable bonds is 7. The summed E-state index contributed by atoms with van der Waals surface area (Å²) in [5.41, 5.74) is 3.32. The Labute approximate surface area is 121 Å². The number of ether oxygens (including phenoxy) is 2. The Hall–Kier alpha value is -2.68. The van der Waals surface area contributed by atoms with Crippen LogP contribution in [0, 0.1) is 0 Å². The van der Waals surface area contributed by atoms with Crippen molar-refractivity contribution in [3.8, 4) is 11.9 Å². The summed E-state index contributed by atoms with van der Waals surface area (Å²) in [6.07, 6.45) is 1.71. The van der Waals surface area contributed by atoms with E-state index in [1.807, 2.05) is 13.0 Å². The van der Waals surface area contributed by atoms with Crippen LogP contribution in [0.1, 0.15) is 12.5 Å². The molecule has 9 nitrogen and oxygen atoms in total. The molecule has 9 heteroatoms. The topological polar surface area (TPSA) is 120 Å². The third-order valence-electron chi connectivity index (χ3n) is 2.47. The SMILES string of the molecule is CCOc1nc(NN)nc(NCc2ccc(OC)nc2)n1. The highest BCUT2D eigenvalue weighted by Crippen LogP contribution is 2.12. The molecule has 2 aromatic heterocycles. The van der Waals surface area contributed by atoms with Crippen LogP contribution < -0.4 is 26.1 Å². The van der Waals surface area contributed by atoms with E-state index in [1.54, 1.807) is 19.4 Å². The summed E-state index contributed by atoms with van der Waals surface area (Å²) in [6, 6.07) is 3.88. The predicted molar refractivity (Wildman–Crippen MR) is 76.9 cm³/mol. The number of nitrogens with one attached hydrogen (secondary N) is 2. The van der Waals surface area contributed by atoms with Gasteiger partial charge in [-0.1, -0.05) is 6.07 Å². The van der Waals surface area contributed by atoms with Gasteiger partial charge >= 0.3 is 6.01 Å². The molecule has 0 atom stereocenters. The minimum absolute atomic E-state index is 0.204. The molecule has 0 aliphatic carbocycles. The van der Waals surface area contributed by atoms with Crippen molar-refractivity contribution in [1.29, 1.82) is 0 Å². The molecule has 21 heavy (non-hydrogen) atoms. The molecule has 2 aromatic rings. The van der Waals surface area contributed by atoms with Crippen molar-refractivity contribution in [1.82, 2.24) is 19.9 Å². The number of hydrogen-bond donors (Lipinski definition) is 3. The van der Waals surface area contributed by atoms with Crippen LogP contribution in [0.15, 0.2) is 18.3 Å². The molecule has 0 radical (unpaired) electrons. The third-order valence-corrected chi connectivity index (χ3v) is 2.47. The van der Waals surface area contributed by atoms with E-state index in [1.165, 1.54) is 0 Å². The lowest BCUT2D eigenvalue weighted by Gasteiger charge is -2.08. The largest absolute Gasteiger partial charge is 0.481 e. The Bertz CT molecular complexity index is 576. The number of nitrogens with two attached hydrogens (primary N) is 1. The number of nitrogens with zero attached hydrogens (tertiary/aromatic N) is 4. The van der Waals surface area contributed by atoms with Crippen molar-refractivity contribution in [2.75, 3.05) is 24.5 Å². The molecule has 2 rings (SSSR count). The predicted octanol–water partition coefficient (Wildman–Crippen LogP) is 0.572. The smallest absolute Gasteiger partial charge is 0.323 e. The second kappa shape index (κ2) is 7.20. The molecule has 0 bridgehead atoms. The number of aromatic nitrogens is 4. The first kappa shape index (κ1) is 14.7. The van der Waals surface area contributed by atoms with Crippen LogP contribution in [-0.2, 0) is 6.54 Å². The Morgan fingerprint density at radius 1 is 1.19 bits per heavy atom. The Morgan fingerprint density at radius 3 is 2.62 bits per heavy atom. The van der Waals surface area contributed by atoms with Crippen molar-refractivity contribution in [2.24, 2.45) is 5.84 Å². The van der Waals surface area contributed by atoms with Crippen LogP contribution in [0.5, 0.6) is 11.9 Å². The maximum Gasteiger partial charge on any atom is 0.323 e. The van der Waals surface area contributed by atoms with Crippen molar-refractivity contribution in [3.05, 3.63) is 23.9 Å². The fraction of sp³-hybridized carbons (Fsp3) is 0.333. The van der Waals surface area contributed by atoms with E-state index in [-0.39, 0.29) is 12.0 Å². The van der Waals surface area contributed by atoms with Crippen molar-refractivity contribution < 1.29 is 9.47 Å². The molecule has 4 N–H and O–H groups in total. The summed E-state index contributed by atoms with van der Waals surface area (Å²) in [6.45, 7) is 2.79. The molecule has 0 fully saturated rings. The Balaban J connectivity index is 2.05. The number of anilines is 2. The molecule has 0 unspecified atom stereocenters. The highest BCUT2D eigenvalue weighted by Gasteiger charge is 2.06. The zero-order valence-corrected chi connectivity index (χ0v) is 11.8. The number of nitrogen functional groups attached to an aromatic ring is 1. The normalized spacial score (nSPS) is 10.0. The molecule has 2 heterocycles. The van der Waals surface area contributed by atoms with Gasteiger partial charge in [0.25, 0.3) is 0 Å². The number of pyridine rings is 1. The highest BCUT2D eigenvalue weighted by atomic mass is 16.5. The summed E-state index contributed by atoms with van der Waals surface area (Å²) in [5.74, 6) is 6.46. The number of hydrogen-bond acceptors (Lipinski definition) is 9. The van der Waals surface area contributed by atoms with Gasteiger partial charge in [-0.2, -0.15) is 15.0 Å². The number of methoxy groups -OCH3 is 1. The summed E-state index contributed by atoms with van der Waals surface area (Å²) in [7, 11) is 1.57. The highest BCUT2D eigenvalue weighted by molar-refractivity contribution is 5.35. The van der Waals surface area contributed by atoms with Crippen LogP contribution in [0.3, 0.4) is 0 Å². The average molecular weight is 291 g/mol. The summed E-state index contributed by atoms with van der Waals surface area (Å²) in [4.78, 5) is 16.3. The molecule has 112 valence electrons. The first-order chi connectivity index (χ1) is 10.2. The summed E-state index contributed by atoms with van der Waals surface area (Å²) >= 11 is 0. The summed E-state index contributed by atoms with van der Waals surface area (Å²) in [5, 5.41) is 3.05. The van der Waals surface area contributed by atoms with Gasteiger partial charge in [0.1, 0.15) is 0 Å². The van der Waals surface area contributed by atoms with E-state index in [4.69, 9.17) is 15.3 Å². The minimum atomic E-state index is 0.204. The lowest BCUT2D eigenvalue weighted by atomic mass is 10.3. The van der Waals surface area contributed by atoms with E-state index >= 15 is 0 Å². The van der Waals surface area contributed by atoms with Gasteiger partial charge in [-0.05, 0) is 12.5 Å². The average Bonchev–Trinajstić information content (AvgIpc) is 2.53. The van der Waals surface area contributed by atoms with E-state index in [0.29, 0.717) is 25.0 Å². The summed E-state index contributed by atoms with van der Waals surface area (Å²) < 4.78 is 10.2. The van der Waals surface area contributed by atoms with E-state index < -0.39 is 0 Å². The number of hydrazine groups is 1. The molecule has 0 spiro atoms. The van der Waals surface area contributed by atoms with Crippen molar-refractivity contribution in [3.63, 3.8) is 0 Å². The van der Waals surface area contributed by atoms with Crippen LogP contribution in [0.25, 0.3) is 0 Å². The van der Waals surface area contributed by atoms with Crippen LogP contribution in [0.4, 0.5) is 11.9 Å². The fourth-order valence-corrected chi connectivity index (χ4v) is 1.51. The van der Waals surface area contributed by atoms with Crippen LogP contribution >= 0.6 is 0 Å². The molecule has 0 amide bonds. The Morgan fingerprint density at radius 2 is 2.00 bits per heavy atom. The molecule has 0 aliphatic heterocycles. The molecule has 0 aliphatic rings. The quantitative estimate of drug-likeness (QED) is 0.496. The van der Waals surface area contributed by atoms with Crippen molar-refractivity contribution >= 4 is 11.9 Å². The zero-order chi connectivity index (χ0) is 15.1. The molecule has 0 saturated carbocycles. The van der Waals surface area contributed by atoms with Gasteiger partial charge < -0.3 is 14.8 Å². The van der Waals surface area contributed by atoms with Gasteiger partial charge in [0.15, 0.2) is 0 Å². The standard InChI is InChI=1S/C12H17N7O2/c1-3-21-12-17-10(16-11(18-12)19-13)15-7-8-4-5-9(20-2)14-6-8/h4-6H,3,7,13H2,1-2H3,(H2,15,16,17,18,19). The fourth-order valence-electron chi connectivity index (χ4n) is 1.51.